The number of oxazole rings is 1. The number of aryl methyl sites for hydroxylation is 1. The van der Waals surface area contributed by atoms with Gasteiger partial charge < -0.3 is 9.32 Å². The van der Waals surface area contributed by atoms with Gasteiger partial charge in [0.15, 0.2) is 5.78 Å². The maximum absolute atomic E-state index is 12.2. The number of nitrogens with zero attached hydrogens (tertiary/aromatic N) is 2. The molecule has 1 aromatic carbocycles. The number of rotatable bonds is 6. The van der Waals surface area contributed by atoms with Gasteiger partial charge in [-0.3, -0.25) is 10.2 Å². The van der Waals surface area contributed by atoms with Gasteiger partial charge in [-0.25, -0.2) is 4.98 Å². The number of Topliss-reactive ketones (excluding diaryl/α,β-unsaturated/α-hetero) is 1. The minimum atomic E-state index is 0.0613. The van der Waals surface area contributed by atoms with Gasteiger partial charge in [-0.05, 0) is 37.1 Å². The first-order valence-electron chi connectivity index (χ1n) is 9.27. The fourth-order valence-electron chi connectivity index (χ4n) is 3.28. The molecule has 0 unspecified atom stereocenters. The lowest BCUT2D eigenvalue weighted by Gasteiger charge is -2.18. The molecule has 3 aromatic rings. The summed E-state index contributed by atoms with van der Waals surface area (Å²) in [5.41, 5.74) is 2.51. The molecule has 2 aromatic heterocycles. The normalized spacial score (nSPS) is 13.8. The zero-order valence-corrected chi connectivity index (χ0v) is 16.9. The van der Waals surface area contributed by atoms with E-state index in [4.69, 9.17) is 21.4 Å². The van der Waals surface area contributed by atoms with Crippen LogP contribution in [0.5, 0.6) is 0 Å². The van der Waals surface area contributed by atoms with Crippen molar-refractivity contribution in [2.45, 2.75) is 25.7 Å². The Morgan fingerprint density at radius 1 is 1.18 bits per heavy atom. The van der Waals surface area contributed by atoms with E-state index in [2.05, 4.69) is 9.88 Å². The van der Waals surface area contributed by atoms with E-state index in [9.17, 15) is 4.79 Å². The Bertz CT molecular complexity index is 987. The minimum Gasteiger partial charge on any atom is -0.444 e. The first-order chi connectivity index (χ1) is 13.6. The van der Waals surface area contributed by atoms with Crippen LogP contribution in [0.15, 0.2) is 47.1 Å². The van der Waals surface area contributed by atoms with Crippen LogP contribution in [0.4, 0.5) is 0 Å². The number of halogens is 1. The van der Waals surface area contributed by atoms with Gasteiger partial charge in [0.2, 0.25) is 5.89 Å². The number of carbonyl (C=O) groups is 1. The summed E-state index contributed by atoms with van der Waals surface area (Å²) >= 11 is 7.18. The van der Waals surface area contributed by atoms with E-state index in [1.807, 2.05) is 24.3 Å². The lowest BCUT2D eigenvalue weighted by atomic mass is 10.1. The first-order valence-corrected chi connectivity index (χ1v) is 10.5. The van der Waals surface area contributed by atoms with E-state index in [1.165, 1.54) is 11.3 Å². The lowest BCUT2D eigenvalue weighted by Crippen LogP contribution is -2.27. The highest BCUT2D eigenvalue weighted by atomic mass is 35.5. The van der Waals surface area contributed by atoms with Crippen molar-refractivity contribution in [3.63, 3.8) is 0 Å². The Kier molecular flexibility index (Phi) is 5.59. The van der Waals surface area contributed by atoms with Gasteiger partial charge in [0.05, 0.1) is 14.9 Å². The van der Waals surface area contributed by atoms with E-state index in [1.54, 1.807) is 18.4 Å². The van der Waals surface area contributed by atoms with Crippen LogP contribution in [0.1, 0.15) is 40.2 Å². The minimum absolute atomic E-state index is 0.0613. The molecule has 0 amide bonds. The second kappa shape index (κ2) is 8.29. The molecule has 4 rings (SSSR count). The Balaban J connectivity index is 1.38. The smallest absolute Gasteiger partial charge is 0.226 e. The summed E-state index contributed by atoms with van der Waals surface area (Å²) in [6, 6.07) is 11.2. The number of benzene rings is 1. The van der Waals surface area contributed by atoms with Crippen LogP contribution in [-0.4, -0.2) is 34.6 Å². The molecule has 0 atom stereocenters. The molecule has 144 valence electrons. The van der Waals surface area contributed by atoms with Crippen molar-refractivity contribution in [3.8, 4) is 11.5 Å². The van der Waals surface area contributed by atoms with Crippen molar-refractivity contribution >= 4 is 34.6 Å². The number of thiophene rings is 1. The molecule has 3 heterocycles. The van der Waals surface area contributed by atoms with Gasteiger partial charge in [0, 0.05) is 37.1 Å². The number of nitrogens with one attached hydrogen (secondary N) is 1. The summed E-state index contributed by atoms with van der Waals surface area (Å²) < 4.78 is 6.21. The van der Waals surface area contributed by atoms with E-state index in [-0.39, 0.29) is 5.78 Å². The van der Waals surface area contributed by atoms with Crippen LogP contribution in [0.2, 0.25) is 4.34 Å². The van der Waals surface area contributed by atoms with Crippen molar-refractivity contribution in [2.75, 3.05) is 13.1 Å². The average molecular weight is 414 g/mol. The van der Waals surface area contributed by atoms with Gasteiger partial charge in [-0.1, -0.05) is 23.7 Å². The molecule has 1 fully saturated rings. The predicted octanol–water partition coefficient (Wildman–Crippen LogP) is 5.29. The van der Waals surface area contributed by atoms with Gasteiger partial charge in [0.25, 0.3) is 0 Å². The third-order valence-corrected chi connectivity index (χ3v) is 6.11. The predicted molar refractivity (Wildman–Crippen MR) is 112 cm³/mol. The highest BCUT2D eigenvalue weighted by Crippen LogP contribution is 2.24. The Hall–Kier alpha value is -2.44. The highest BCUT2D eigenvalue weighted by Gasteiger charge is 2.17. The van der Waals surface area contributed by atoms with Crippen molar-refractivity contribution in [1.82, 2.24) is 9.88 Å². The Morgan fingerprint density at radius 3 is 2.61 bits per heavy atom. The van der Waals surface area contributed by atoms with E-state index in [0.29, 0.717) is 33.8 Å². The molecule has 0 saturated carbocycles. The highest BCUT2D eigenvalue weighted by molar-refractivity contribution is 7.18. The standard InChI is InChI=1S/C21H20ClN3O2S/c22-19-10-9-18(28-19)17(26)8-7-16-13-27-21(24-16)15-5-3-14(4-6-15)20(23)25-11-1-2-12-25/h3-6,9-10,13,23H,1-2,7-8,11-12H2. The molecule has 0 aliphatic carbocycles. The zero-order chi connectivity index (χ0) is 19.5. The summed E-state index contributed by atoms with van der Waals surface area (Å²) in [6.45, 7) is 1.92. The van der Waals surface area contributed by atoms with Crippen molar-refractivity contribution in [2.24, 2.45) is 0 Å². The van der Waals surface area contributed by atoms with Crippen molar-refractivity contribution in [3.05, 3.63) is 63.1 Å². The van der Waals surface area contributed by atoms with E-state index < -0.39 is 0 Å². The van der Waals surface area contributed by atoms with Crippen LogP contribution >= 0.6 is 22.9 Å². The summed E-state index contributed by atoms with van der Waals surface area (Å²) in [7, 11) is 0. The second-order valence-corrected chi connectivity index (χ2v) is 8.51. The molecule has 7 heteroatoms. The van der Waals surface area contributed by atoms with E-state index >= 15 is 0 Å². The van der Waals surface area contributed by atoms with Gasteiger partial charge in [-0.2, -0.15) is 0 Å². The topological polar surface area (TPSA) is 70.2 Å². The van der Waals surface area contributed by atoms with Crippen LogP contribution < -0.4 is 0 Å². The second-order valence-electron chi connectivity index (χ2n) is 6.79. The molecule has 1 aliphatic rings. The van der Waals surface area contributed by atoms with Gasteiger partial charge in [0.1, 0.15) is 12.1 Å². The molecule has 1 aliphatic heterocycles. The molecule has 28 heavy (non-hydrogen) atoms. The lowest BCUT2D eigenvalue weighted by molar-refractivity contribution is 0.0986. The molecular formula is C21H20ClN3O2S. The molecule has 1 saturated heterocycles. The largest absolute Gasteiger partial charge is 0.444 e. The van der Waals surface area contributed by atoms with Gasteiger partial charge >= 0.3 is 0 Å². The number of ketones is 1. The summed E-state index contributed by atoms with van der Waals surface area (Å²) in [4.78, 5) is 19.5. The fourth-order valence-corrected chi connectivity index (χ4v) is 4.29. The van der Waals surface area contributed by atoms with Crippen LogP contribution in [-0.2, 0) is 6.42 Å². The number of hydrogen-bond donors (Lipinski definition) is 1. The molecule has 1 N–H and O–H groups in total. The molecular weight excluding hydrogens is 394 g/mol. The third kappa shape index (κ3) is 4.18. The molecule has 0 radical (unpaired) electrons. The number of hydrogen-bond acceptors (Lipinski definition) is 5. The maximum Gasteiger partial charge on any atom is 0.226 e. The van der Waals surface area contributed by atoms with Gasteiger partial charge in [-0.15, -0.1) is 11.3 Å². The summed E-state index contributed by atoms with van der Waals surface area (Å²) in [5.74, 6) is 1.16. The Morgan fingerprint density at radius 2 is 1.93 bits per heavy atom. The molecule has 0 spiro atoms. The van der Waals surface area contributed by atoms with E-state index in [0.717, 1.165) is 42.8 Å². The summed E-state index contributed by atoms with van der Waals surface area (Å²) in [6.07, 6.45) is 4.80. The SMILES string of the molecule is N=C(c1ccc(-c2nc(CCC(=O)c3ccc(Cl)s3)co2)cc1)N1CCCC1. The average Bonchev–Trinajstić information content (AvgIpc) is 3.47. The Labute approximate surface area is 172 Å². The summed E-state index contributed by atoms with van der Waals surface area (Å²) in [5, 5.41) is 8.32. The fraction of sp³-hybridized carbons (Fsp3) is 0.286. The van der Waals surface area contributed by atoms with Crippen LogP contribution in [0.3, 0.4) is 0 Å². The first kappa shape index (κ1) is 18.9. The van der Waals surface area contributed by atoms with Crippen LogP contribution in [0, 0.1) is 5.41 Å². The third-order valence-electron chi connectivity index (χ3n) is 4.84. The molecule has 0 bridgehead atoms. The van der Waals surface area contributed by atoms with Crippen LogP contribution in [0.25, 0.3) is 11.5 Å². The molecule has 5 nitrogen and oxygen atoms in total. The van der Waals surface area contributed by atoms with Crippen molar-refractivity contribution < 1.29 is 9.21 Å². The number of aromatic nitrogens is 1. The number of likely N-dealkylation sites (tertiary alicyclic amines) is 1. The van der Waals surface area contributed by atoms with Crippen molar-refractivity contribution in [1.29, 1.82) is 5.41 Å². The number of carbonyl (C=O) groups excluding carboxylic acids is 1. The quantitative estimate of drug-likeness (QED) is 0.338. The maximum atomic E-state index is 12.2. The number of amidine groups is 1. The monoisotopic (exact) mass is 413 g/mol. The zero-order valence-electron chi connectivity index (χ0n) is 15.3.